The van der Waals surface area contributed by atoms with Crippen molar-refractivity contribution in [3.8, 4) is 0 Å². The number of amides is 2. The third-order valence-electron chi connectivity index (χ3n) is 3.93. The lowest BCUT2D eigenvalue weighted by Gasteiger charge is -2.27. The quantitative estimate of drug-likeness (QED) is 0.805. The average molecular weight is 373 g/mol. The molecule has 1 fully saturated rings. The van der Waals surface area contributed by atoms with Crippen molar-refractivity contribution in [3.05, 3.63) is 28.2 Å². The van der Waals surface area contributed by atoms with Gasteiger partial charge in [0, 0.05) is 18.3 Å². The molecule has 1 saturated heterocycles. The molecule has 1 aliphatic heterocycles. The van der Waals surface area contributed by atoms with Crippen molar-refractivity contribution in [3.63, 3.8) is 0 Å². The largest absolute Gasteiger partial charge is 0.480 e. The Morgan fingerprint density at radius 1 is 1.33 bits per heavy atom. The van der Waals surface area contributed by atoms with E-state index in [9.17, 15) is 14.4 Å². The summed E-state index contributed by atoms with van der Waals surface area (Å²) >= 11 is 11.9. The van der Waals surface area contributed by atoms with Crippen LogP contribution in [0.5, 0.6) is 0 Å². The van der Waals surface area contributed by atoms with E-state index in [0.717, 1.165) is 0 Å². The summed E-state index contributed by atoms with van der Waals surface area (Å²) in [6, 6.07) is 4.52. The zero-order chi connectivity index (χ0) is 18.0. The maximum absolute atomic E-state index is 12.6. The Balaban J connectivity index is 2.19. The molecule has 1 atom stereocenters. The van der Waals surface area contributed by atoms with Crippen LogP contribution in [0.1, 0.15) is 20.3 Å². The van der Waals surface area contributed by atoms with Gasteiger partial charge in [-0.05, 0) is 38.5 Å². The van der Waals surface area contributed by atoms with Gasteiger partial charge >= 0.3 is 5.97 Å². The van der Waals surface area contributed by atoms with E-state index in [1.807, 2.05) is 0 Å². The number of carboxylic acids is 1. The summed E-state index contributed by atoms with van der Waals surface area (Å²) in [4.78, 5) is 38.9. The zero-order valence-corrected chi connectivity index (χ0v) is 14.8. The van der Waals surface area contributed by atoms with E-state index in [-0.39, 0.29) is 11.9 Å². The molecule has 2 rings (SSSR count). The molecule has 24 heavy (non-hydrogen) atoms. The lowest BCUT2D eigenvalue weighted by molar-refractivity contribution is -0.149. The van der Waals surface area contributed by atoms with E-state index in [1.54, 1.807) is 32.0 Å². The summed E-state index contributed by atoms with van der Waals surface area (Å²) < 4.78 is 0. The molecule has 8 heteroatoms. The molecular formula is C16H18Cl2N2O4. The average Bonchev–Trinajstić information content (AvgIpc) is 2.88. The first-order chi connectivity index (χ1) is 11.2. The first-order valence-corrected chi connectivity index (χ1v) is 8.26. The molecule has 1 aromatic carbocycles. The summed E-state index contributed by atoms with van der Waals surface area (Å²) in [5, 5.41) is 9.67. The van der Waals surface area contributed by atoms with Crippen LogP contribution >= 0.6 is 23.2 Å². The van der Waals surface area contributed by atoms with Gasteiger partial charge in [0.1, 0.15) is 12.5 Å². The van der Waals surface area contributed by atoms with Gasteiger partial charge in [0.15, 0.2) is 0 Å². The Labute approximate surface area is 149 Å². The van der Waals surface area contributed by atoms with Gasteiger partial charge in [-0.15, -0.1) is 0 Å². The second-order valence-electron chi connectivity index (χ2n) is 5.88. The molecule has 0 saturated carbocycles. The molecule has 1 aliphatic rings. The number of hydrogen-bond donors (Lipinski definition) is 1. The van der Waals surface area contributed by atoms with E-state index in [2.05, 4.69) is 0 Å². The minimum atomic E-state index is -1.11. The molecular weight excluding hydrogens is 355 g/mol. The van der Waals surface area contributed by atoms with Crippen LogP contribution in [0.3, 0.4) is 0 Å². The van der Waals surface area contributed by atoms with Crippen molar-refractivity contribution in [2.75, 3.05) is 18.0 Å². The normalized spacial score (nSPS) is 17.5. The van der Waals surface area contributed by atoms with E-state index in [4.69, 9.17) is 28.3 Å². The van der Waals surface area contributed by atoms with Gasteiger partial charge in [0.05, 0.1) is 10.0 Å². The molecule has 1 N–H and O–H groups in total. The number of aliphatic carboxylic acids is 1. The van der Waals surface area contributed by atoms with Crippen LogP contribution < -0.4 is 4.90 Å². The van der Waals surface area contributed by atoms with Crippen molar-refractivity contribution in [2.24, 2.45) is 5.92 Å². The highest BCUT2D eigenvalue weighted by Gasteiger charge is 2.40. The van der Waals surface area contributed by atoms with Gasteiger partial charge in [0.25, 0.3) is 0 Å². The summed E-state index contributed by atoms with van der Waals surface area (Å²) in [5.74, 6) is -2.79. The third kappa shape index (κ3) is 3.82. The SMILES string of the molecule is CC(C)N(CC(=O)O)C(=O)C1CCN(c2ccc(Cl)c(Cl)c2)C1=O. The molecule has 130 valence electrons. The number of anilines is 1. The van der Waals surface area contributed by atoms with E-state index in [1.165, 1.54) is 9.80 Å². The van der Waals surface area contributed by atoms with Crippen LogP contribution in [-0.4, -0.2) is 46.9 Å². The van der Waals surface area contributed by atoms with E-state index in [0.29, 0.717) is 28.7 Å². The number of nitrogens with zero attached hydrogens (tertiary/aromatic N) is 2. The third-order valence-corrected chi connectivity index (χ3v) is 4.67. The highest BCUT2D eigenvalue weighted by atomic mass is 35.5. The molecule has 0 aliphatic carbocycles. The Morgan fingerprint density at radius 3 is 2.54 bits per heavy atom. The molecule has 0 spiro atoms. The van der Waals surface area contributed by atoms with Gasteiger partial charge < -0.3 is 14.9 Å². The highest BCUT2D eigenvalue weighted by Crippen LogP contribution is 2.31. The summed E-state index contributed by atoms with van der Waals surface area (Å²) in [6.45, 7) is 3.38. The van der Waals surface area contributed by atoms with Crippen LogP contribution in [0.15, 0.2) is 18.2 Å². The minimum Gasteiger partial charge on any atom is -0.480 e. The fourth-order valence-electron chi connectivity index (χ4n) is 2.68. The number of rotatable bonds is 5. The Kier molecular flexibility index (Phi) is 5.72. The van der Waals surface area contributed by atoms with Gasteiger partial charge in [0.2, 0.25) is 11.8 Å². The fraction of sp³-hybridized carbons (Fsp3) is 0.438. The van der Waals surface area contributed by atoms with Crippen LogP contribution in [-0.2, 0) is 14.4 Å². The van der Waals surface area contributed by atoms with Gasteiger partial charge in [-0.3, -0.25) is 14.4 Å². The van der Waals surface area contributed by atoms with Crippen LogP contribution in [0.2, 0.25) is 10.0 Å². The minimum absolute atomic E-state index is 0.305. The summed E-state index contributed by atoms with van der Waals surface area (Å²) in [7, 11) is 0. The predicted octanol–water partition coefficient (Wildman–Crippen LogP) is 2.67. The lowest BCUT2D eigenvalue weighted by atomic mass is 10.1. The predicted molar refractivity (Wildman–Crippen MR) is 91.4 cm³/mol. The smallest absolute Gasteiger partial charge is 0.323 e. The van der Waals surface area contributed by atoms with Crippen LogP contribution in [0.25, 0.3) is 0 Å². The Hall–Kier alpha value is -1.79. The van der Waals surface area contributed by atoms with Crippen LogP contribution in [0.4, 0.5) is 5.69 Å². The zero-order valence-electron chi connectivity index (χ0n) is 13.3. The number of carboxylic acid groups (broad SMARTS) is 1. The topological polar surface area (TPSA) is 77.9 Å². The number of halogens is 2. The van der Waals surface area contributed by atoms with Gasteiger partial charge in [-0.2, -0.15) is 0 Å². The van der Waals surface area contributed by atoms with Crippen molar-refractivity contribution < 1.29 is 19.5 Å². The molecule has 1 heterocycles. The molecule has 2 amide bonds. The lowest BCUT2D eigenvalue weighted by Crippen LogP contribution is -2.46. The highest BCUT2D eigenvalue weighted by molar-refractivity contribution is 6.42. The fourth-order valence-corrected chi connectivity index (χ4v) is 2.97. The van der Waals surface area contributed by atoms with Crippen molar-refractivity contribution in [1.29, 1.82) is 0 Å². The number of benzene rings is 1. The molecule has 0 bridgehead atoms. The first kappa shape index (κ1) is 18.5. The number of carbonyl (C=O) groups is 3. The van der Waals surface area contributed by atoms with Crippen LogP contribution in [0, 0.1) is 5.92 Å². The van der Waals surface area contributed by atoms with Crippen molar-refractivity contribution in [1.82, 2.24) is 4.90 Å². The van der Waals surface area contributed by atoms with Gasteiger partial charge in [-0.25, -0.2) is 0 Å². The molecule has 1 aromatic rings. The molecule has 6 nitrogen and oxygen atoms in total. The van der Waals surface area contributed by atoms with Gasteiger partial charge in [-0.1, -0.05) is 23.2 Å². The standard InChI is InChI=1S/C16H18Cl2N2O4/c1-9(2)20(8-14(21)22)16(24)11-5-6-19(15(11)23)10-3-4-12(17)13(18)7-10/h3-4,7,9,11H,5-6,8H2,1-2H3,(H,21,22). The number of carbonyl (C=O) groups excluding carboxylic acids is 2. The molecule has 0 aromatic heterocycles. The van der Waals surface area contributed by atoms with Crippen molar-refractivity contribution in [2.45, 2.75) is 26.3 Å². The summed E-state index contributed by atoms with van der Waals surface area (Å²) in [6.07, 6.45) is 0.334. The van der Waals surface area contributed by atoms with Crippen molar-refractivity contribution >= 4 is 46.7 Å². The second kappa shape index (κ2) is 7.40. The monoisotopic (exact) mass is 372 g/mol. The molecule has 0 radical (unpaired) electrons. The Morgan fingerprint density at radius 2 is 2.00 bits per heavy atom. The summed E-state index contributed by atoms with van der Waals surface area (Å²) in [5.41, 5.74) is 0.569. The van der Waals surface area contributed by atoms with E-state index >= 15 is 0 Å². The van der Waals surface area contributed by atoms with E-state index < -0.39 is 24.3 Å². The maximum atomic E-state index is 12.6. The molecule has 1 unspecified atom stereocenters. The Bertz CT molecular complexity index is 678. The second-order valence-corrected chi connectivity index (χ2v) is 6.70. The first-order valence-electron chi connectivity index (χ1n) is 7.51. The maximum Gasteiger partial charge on any atom is 0.323 e. The number of hydrogen-bond acceptors (Lipinski definition) is 3.